The Morgan fingerprint density at radius 2 is 1.64 bits per heavy atom. The second kappa shape index (κ2) is 7.83. The highest BCUT2D eigenvalue weighted by Gasteiger charge is 2.09. The van der Waals surface area contributed by atoms with Gasteiger partial charge < -0.3 is 19.8 Å². The van der Waals surface area contributed by atoms with Crippen LogP contribution in [0.2, 0.25) is 0 Å². The van der Waals surface area contributed by atoms with E-state index in [1.54, 1.807) is 48.5 Å². The summed E-state index contributed by atoms with van der Waals surface area (Å²) in [7, 11) is 0. The molecule has 0 aliphatic heterocycles. The average molecular weight is 336 g/mol. The van der Waals surface area contributed by atoms with Gasteiger partial charge in [-0.25, -0.2) is 0 Å². The minimum atomic E-state index is -0.360. The van der Waals surface area contributed by atoms with Crippen molar-refractivity contribution in [2.24, 2.45) is 0 Å². The molecule has 3 rings (SSSR count). The lowest BCUT2D eigenvalue weighted by molar-refractivity contribution is -0.118. The molecule has 0 fully saturated rings. The highest BCUT2D eigenvalue weighted by Crippen LogP contribution is 2.16. The number of anilines is 2. The minimum Gasteiger partial charge on any atom is -0.484 e. The molecular formula is C19H16N2O4. The first-order chi connectivity index (χ1) is 12.2. The smallest absolute Gasteiger partial charge is 0.291 e. The molecular weight excluding hydrogens is 320 g/mol. The third kappa shape index (κ3) is 4.71. The average Bonchev–Trinajstić information content (AvgIpc) is 3.16. The zero-order valence-electron chi connectivity index (χ0n) is 13.3. The van der Waals surface area contributed by atoms with Gasteiger partial charge >= 0.3 is 0 Å². The normalized spacial score (nSPS) is 10.1. The molecule has 126 valence electrons. The molecule has 0 unspecified atom stereocenters. The molecule has 0 atom stereocenters. The first-order valence-corrected chi connectivity index (χ1v) is 7.63. The highest BCUT2D eigenvalue weighted by atomic mass is 16.5. The molecule has 2 N–H and O–H groups in total. The predicted octanol–water partition coefficient (Wildman–Crippen LogP) is 3.55. The van der Waals surface area contributed by atoms with Crippen molar-refractivity contribution in [3.8, 4) is 5.75 Å². The molecule has 0 aliphatic carbocycles. The number of amides is 2. The van der Waals surface area contributed by atoms with Crippen molar-refractivity contribution in [3.63, 3.8) is 0 Å². The van der Waals surface area contributed by atoms with Gasteiger partial charge in [0, 0.05) is 11.4 Å². The Labute approximate surface area is 144 Å². The Bertz CT molecular complexity index is 845. The van der Waals surface area contributed by atoms with Crippen molar-refractivity contribution in [2.75, 3.05) is 17.2 Å². The molecule has 0 spiro atoms. The Kier molecular flexibility index (Phi) is 5.11. The van der Waals surface area contributed by atoms with E-state index in [-0.39, 0.29) is 24.2 Å². The lowest BCUT2D eigenvalue weighted by Gasteiger charge is -2.09. The van der Waals surface area contributed by atoms with Crippen LogP contribution in [0.5, 0.6) is 5.75 Å². The number of carbonyl (C=O) groups is 2. The molecule has 0 saturated carbocycles. The van der Waals surface area contributed by atoms with Crippen molar-refractivity contribution in [3.05, 3.63) is 78.8 Å². The summed E-state index contributed by atoms with van der Waals surface area (Å²) in [5.41, 5.74) is 1.10. The first kappa shape index (κ1) is 16.3. The van der Waals surface area contributed by atoms with E-state index < -0.39 is 0 Å². The van der Waals surface area contributed by atoms with Crippen LogP contribution in [0.3, 0.4) is 0 Å². The van der Waals surface area contributed by atoms with Crippen molar-refractivity contribution in [2.45, 2.75) is 0 Å². The summed E-state index contributed by atoms with van der Waals surface area (Å²) < 4.78 is 10.4. The van der Waals surface area contributed by atoms with Gasteiger partial charge in [-0.1, -0.05) is 24.3 Å². The summed E-state index contributed by atoms with van der Waals surface area (Å²) in [6, 6.07) is 19.1. The lowest BCUT2D eigenvalue weighted by Crippen LogP contribution is -2.20. The SMILES string of the molecule is O=C(COc1ccccc1)Nc1cccc(NC(=O)c2ccco2)c1. The monoisotopic (exact) mass is 336 g/mol. The van der Waals surface area contributed by atoms with Crippen LogP contribution < -0.4 is 15.4 Å². The molecule has 2 amide bonds. The number of hydrogen-bond donors (Lipinski definition) is 2. The summed E-state index contributed by atoms with van der Waals surface area (Å²) in [5, 5.41) is 5.42. The third-order valence-corrected chi connectivity index (χ3v) is 3.26. The standard InChI is InChI=1S/C19H16N2O4/c22-18(13-25-16-8-2-1-3-9-16)20-14-6-4-7-15(12-14)21-19(23)17-10-5-11-24-17/h1-12H,13H2,(H,20,22)(H,21,23). The van der Waals surface area contributed by atoms with Gasteiger partial charge in [0.25, 0.3) is 11.8 Å². The summed E-state index contributed by atoms with van der Waals surface area (Å²) >= 11 is 0. The third-order valence-electron chi connectivity index (χ3n) is 3.26. The van der Waals surface area contributed by atoms with E-state index in [0.717, 1.165) is 0 Å². The van der Waals surface area contributed by atoms with Crippen molar-refractivity contribution < 1.29 is 18.7 Å². The number of hydrogen-bond acceptors (Lipinski definition) is 4. The fraction of sp³-hybridized carbons (Fsp3) is 0.0526. The van der Waals surface area contributed by atoms with Gasteiger partial charge in [-0.2, -0.15) is 0 Å². The number of rotatable bonds is 6. The van der Waals surface area contributed by atoms with Crippen LogP contribution in [0.25, 0.3) is 0 Å². The Morgan fingerprint density at radius 3 is 2.36 bits per heavy atom. The molecule has 0 radical (unpaired) electrons. The molecule has 3 aromatic rings. The molecule has 0 bridgehead atoms. The number of para-hydroxylation sites is 1. The van der Waals surface area contributed by atoms with Crippen molar-refractivity contribution in [1.82, 2.24) is 0 Å². The van der Waals surface area contributed by atoms with E-state index in [9.17, 15) is 9.59 Å². The fourth-order valence-electron chi connectivity index (χ4n) is 2.14. The second-order valence-electron chi connectivity index (χ2n) is 5.16. The number of ether oxygens (including phenoxy) is 1. The van der Waals surface area contributed by atoms with Crippen LogP contribution in [-0.2, 0) is 4.79 Å². The maximum absolute atomic E-state index is 12.0. The van der Waals surface area contributed by atoms with Crippen LogP contribution in [0.15, 0.2) is 77.4 Å². The van der Waals surface area contributed by atoms with Gasteiger partial charge in [0.05, 0.1) is 6.26 Å². The van der Waals surface area contributed by atoms with E-state index in [1.807, 2.05) is 18.2 Å². The highest BCUT2D eigenvalue weighted by molar-refractivity contribution is 6.02. The summed E-state index contributed by atoms with van der Waals surface area (Å²) in [6.45, 7) is -0.104. The maximum Gasteiger partial charge on any atom is 0.291 e. The Balaban J connectivity index is 1.56. The quantitative estimate of drug-likeness (QED) is 0.721. The molecule has 2 aromatic carbocycles. The second-order valence-corrected chi connectivity index (χ2v) is 5.16. The van der Waals surface area contributed by atoms with E-state index in [2.05, 4.69) is 10.6 Å². The molecule has 1 heterocycles. The number of carbonyl (C=O) groups excluding carboxylic acids is 2. The topological polar surface area (TPSA) is 80.6 Å². The van der Waals surface area contributed by atoms with Crippen LogP contribution in [-0.4, -0.2) is 18.4 Å². The van der Waals surface area contributed by atoms with Crippen LogP contribution in [0.1, 0.15) is 10.6 Å². The fourth-order valence-corrected chi connectivity index (χ4v) is 2.14. The number of furan rings is 1. The predicted molar refractivity (Wildman–Crippen MR) is 93.7 cm³/mol. The van der Waals surface area contributed by atoms with Gasteiger partial charge in [-0.05, 0) is 42.5 Å². The zero-order chi connectivity index (χ0) is 17.5. The molecule has 1 aromatic heterocycles. The number of benzene rings is 2. The lowest BCUT2D eigenvalue weighted by atomic mass is 10.2. The van der Waals surface area contributed by atoms with Crippen LogP contribution >= 0.6 is 0 Å². The number of nitrogens with one attached hydrogen (secondary N) is 2. The largest absolute Gasteiger partial charge is 0.484 e. The molecule has 0 saturated heterocycles. The molecule has 25 heavy (non-hydrogen) atoms. The summed E-state index contributed by atoms with van der Waals surface area (Å²) in [6.07, 6.45) is 1.43. The zero-order valence-corrected chi connectivity index (χ0v) is 13.3. The van der Waals surface area contributed by atoms with Crippen LogP contribution in [0, 0.1) is 0 Å². The van der Waals surface area contributed by atoms with E-state index in [1.165, 1.54) is 6.26 Å². The van der Waals surface area contributed by atoms with E-state index >= 15 is 0 Å². The van der Waals surface area contributed by atoms with E-state index in [0.29, 0.717) is 17.1 Å². The van der Waals surface area contributed by atoms with Crippen molar-refractivity contribution >= 4 is 23.2 Å². The van der Waals surface area contributed by atoms with Gasteiger partial charge in [0.1, 0.15) is 5.75 Å². The first-order valence-electron chi connectivity index (χ1n) is 7.63. The van der Waals surface area contributed by atoms with Gasteiger partial charge in [-0.15, -0.1) is 0 Å². The molecule has 6 heteroatoms. The maximum atomic E-state index is 12.0. The Hall–Kier alpha value is -3.54. The van der Waals surface area contributed by atoms with Crippen LogP contribution in [0.4, 0.5) is 11.4 Å². The van der Waals surface area contributed by atoms with Crippen molar-refractivity contribution in [1.29, 1.82) is 0 Å². The van der Waals surface area contributed by atoms with E-state index in [4.69, 9.17) is 9.15 Å². The summed E-state index contributed by atoms with van der Waals surface area (Å²) in [4.78, 5) is 23.9. The summed E-state index contributed by atoms with van der Waals surface area (Å²) in [5.74, 6) is 0.182. The molecule has 6 nitrogen and oxygen atoms in total. The Morgan fingerprint density at radius 1 is 0.880 bits per heavy atom. The minimum absolute atomic E-state index is 0.104. The van der Waals surface area contributed by atoms with Gasteiger partial charge in [0.15, 0.2) is 12.4 Å². The molecule has 0 aliphatic rings. The van der Waals surface area contributed by atoms with Gasteiger partial charge in [-0.3, -0.25) is 9.59 Å². The van der Waals surface area contributed by atoms with Gasteiger partial charge in [0.2, 0.25) is 0 Å².